The van der Waals surface area contributed by atoms with Gasteiger partial charge in [-0.05, 0) is 56.6 Å². The highest BCUT2D eigenvalue weighted by atomic mass is 35.5. The average molecular weight is 437 g/mol. The van der Waals surface area contributed by atoms with E-state index in [2.05, 4.69) is 41.4 Å². The third-order valence-electron chi connectivity index (χ3n) is 5.20. The van der Waals surface area contributed by atoms with Crippen LogP contribution in [0.4, 0.5) is 0 Å². The van der Waals surface area contributed by atoms with Crippen molar-refractivity contribution in [3.05, 3.63) is 64.7 Å². The van der Waals surface area contributed by atoms with Crippen molar-refractivity contribution in [2.45, 2.75) is 38.6 Å². The number of nitrogens with zero attached hydrogens (tertiary/aromatic N) is 1. The lowest BCUT2D eigenvalue weighted by molar-refractivity contribution is -0.123. The molecule has 1 heterocycles. The van der Waals surface area contributed by atoms with Gasteiger partial charge in [-0.25, -0.2) is 0 Å². The molecule has 1 saturated heterocycles. The molecule has 0 radical (unpaired) electrons. The number of benzene rings is 2. The van der Waals surface area contributed by atoms with E-state index in [-0.39, 0.29) is 31.0 Å². The van der Waals surface area contributed by atoms with Gasteiger partial charge in [-0.3, -0.25) is 9.69 Å². The monoisotopic (exact) mass is 436 g/mol. The van der Waals surface area contributed by atoms with Gasteiger partial charge in [0.25, 0.3) is 5.91 Å². The normalized spacial score (nSPS) is 15.7. The second kappa shape index (κ2) is 12.1. The van der Waals surface area contributed by atoms with Crippen molar-refractivity contribution in [1.29, 1.82) is 0 Å². The SMILES string of the molecule is Cc1ccc(C(CNC(=O)COc2cccc(Cl)c2)N2CCCCCC2)cc1.Cl. The van der Waals surface area contributed by atoms with Crippen LogP contribution in [-0.2, 0) is 4.79 Å². The van der Waals surface area contributed by atoms with Gasteiger partial charge < -0.3 is 10.1 Å². The Hall–Kier alpha value is -1.75. The first-order chi connectivity index (χ1) is 13.6. The number of hydrogen-bond acceptors (Lipinski definition) is 3. The molecule has 1 unspecified atom stereocenters. The number of halogens is 2. The Morgan fingerprint density at radius 1 is 1.10 bits per heavy atom. The molecule has 0 saturated carbocycles. The topological polar surface area (TPSA) is 41.6 Å². The van der Waals surface area contributed by atoms with Crippen LogP contribution in [0.5, 0.6) is 5.75 Å². The molecule has 1 atom stereocenters. The lowest BCUT2D eigenvalue weighted by Gasteiger charge is -2.31. The van der Waals surface area contributed by atoms with E-state index < -0.39 is 0 Å². The molecule has 4 nitrogen and oxygen atoms in total. The second-order valence-corrected chi connectivity index (χ2v) is 7.86. The third kappa shape index (κ3) is 7.54. The second-order valence-electron chi connectivity index (χ2n) is 7.43. The minimum Gasteiger partial charge on any atom is -0.484 e. The Labute approximate surface area is 185 Å². The Morgan fingerprint density at radius 2 is 1.79 bits per heavy atom. The summed E-state index contributed by atoms with van der Waals surface area (Å²) in [5.41, 5.74) is 2.50. The Bertz CT molecular complexity index is 760. The molecule has 0 bridgehead atoms. The maximum atomic E-state index is 12.4. The molecule has 2 aromatic rings. The molecule has 1 aliphatic rings. The third-order valence-corrected chi connectivity index (χ3v) is 5.44. The highest BCUT2D eigenvalue weighted by Crippen LogP contribution is 2.24. The number of rotatable bonds is 7. The summed E-state index contributed by atoms with van der Waals surface area (Å²) in [6.45, 7) is 4.82. The van der Waals surface area contributed by atoms with Gasteiger partial charge in [0.1, 0.15) is 5.75 Å². The zero-order valence-electron chi connectivity index (χ0n) is 16.9. The number of ether oxygens (including phenoxy) is 1. The van der Waals surface area contributed by atoms with Gasteiger partial charge in [0, 0.05) is 11.6 Å². The minimum atomic E-state index is -0.119. The van der Waals surface area contributed by atoms with Gasteiger partial charge in [0.15, 0.2) is 6.61 Å². The van der Waals surface area contributed by atoms with Crippen LogP contribution in [0, 0.1) is 6.92 Å². The van der Waals surface area contributed by atoms with E-state index in [1.807, 2.05) is 6.07 Å². The van der Waals surface area contributed by atoms with Crippen molar-refractivity contribution in [3.8, 4) is 5.75 Å². The van der Waals surface area contributed by atoms with Crippen molar-refractivity contribution in [1.82, 2.24) is 10.2 Å². The zero-order chi connectivity index (χ0) is 19.8. The van der Waals surface area contributed by atoms with E-state index in [0.29, 0.717) is 17.3 Å². The number of amides is 1. The van der Waals surface area contributed by atoms with Gasteiger partial charge in [0.05, 0.1) is 6.04 Å². The van der Waals surface area contributed by atoms with E-state index in [4.69, 9.17) is 16.3 Å². The molecule has 158 valence electrons. The summed E-state index contributed by atoms with van der Waals surface area (Å²) in [5.74, 6) is 0.483. The molecule has 1 aliphatic heterocycles. The van der Waals surface area contributed by atoms with Crippen LogP contribution < -0.4 is 10.1 Å². The molecule has 2 aromatic carbocycles. The van der Waals surface area contributed by atoms with E-state index in [1.165, 1.54) is 36.8 Å². The van der Waals surface area contributed by atoms with Crippen LogP contribution in [-0.4, -0.2) is 37.0 Å². The van der Waals surface area contributed by atoms with Crippen LogP contribution in [0.2, 0.25) is 5.02 Å². The predicted molar refractivity (Wildman–Crippen MR) is 121 cm³/mol. The standard InChI is InChI=1S/C23H29ClN2O2.ClH/c1-18-9-11-19(12-10-18)22(26-13-4-2-3-5-14-26)16-25-23(27)17-28-21-8-6-7-20(24)15-21;/h6-12,15,22H,2-5,13-14,16-17H2,1H3,(H,25,27);1H. The summed E-state index contributed by atoms with van der Waals surface area (Å²) in [7, 11) is 0. The number of carbonyl (C=O) groups is 1. The van der Waals surface area contributed by atoms with Crippen molar-refractivity contribution in [2.24, 2.45) is 0 Å². The summed E-state index contributed by atoms with van der Waals surface area (Å²) >= 11 is 5.96. The van der Waals surface area contributed by atoms with E-state index in [0.717, 1.165) is 13.1 Å². The van der Waals surface area contributed by atoms with E-state index >= 15 is 0 Å². The average Bonchev–Trinajstić information content (AvgIpc) is 2.97. The molecular formula is C23H30Cl2N2O2. The highest BCUT2D eigenvalue weighted by molar-refractivity contribution is 6.30. The minimum absolute atomic E-state index is 0. The van der Waals surface area contributed by atoms with Gasteiger partial charge in [-0.2, -0.15) is 0 Å². The van der Waals surface area contributed by atoms with Crippen molar-refractivity contribution >= 4 is 29.9 Å². The molecule has 6 heteroatoms. The number of carbonyl (C=O) groups excluding carboxylic acids is 1. The van der Waals surface area contributed by atoms with Crippen molar-refractivity contribution in [2.75, 3.05) is 26.2 Å². The van der Waals surface area contributed by atoms with Gasteiger partial charge in [0.2, 0.25) is 0 Å². The molecular weight excluding hydrogens is 407 g/mol. The fourth-order valence-corrected chi connectivity index (χ4v) is 3.80. The fourth-order valence-electron chi connectivity index (χ4n) is 3.62. The molecule has 29 heavy (non-hydrogen) atoms. The number of nitrogens with one attached hydrogen (secondary N) is 1. The zero-order valence-corrected chi connectivity index (χ0v) is 18.5. The quantitative estimate of drug-likeness (QED) is 0.649. The first-order valence-corrected chi connectivity index (χ1v) is 10.5. The van der Waals surface area contributed by atoms with Crippen LogP contribution in [0.25, 0.3) is 0 Å². The fraction of sp³-hybridized carbons (Fsp3) is 0.435. The molecule has 1 amide bonds. The number of hydrogen-bond donors (Lipinski definition) is 1. The first kappa shape index (κ1) is 23.5. The molecule has 3 rings (SSSR count). The molecule has 0 aliphatic carbocycles. The highest BCUT2D eigenvalue weighted by Gasteiger charge is 2.22. The smallest absolute Gasteiger partial charge is 0.258 e. The van der Waals surface area contributed by atoms with E-state index in [1.54, 1.807) is 18.2 Å². The van der Waals surface area contributed by atoms with Crippen LogP contribution in [0.3, 0.4) is 0 Å². The molecule has 1 N–H and O–H groups in total. The lowest BCUT2D eigenvalue weighted by Crippen LogP contribution is -2.40. The van der Waals surface area contributed by atoms with Crippen LogP contribution in [0.1, 0.15) is 42.9 Å². The molecule has 0 spiro atoms. The van der Waals surface area contributed by atoms with Gasteiger partial charge in [-0.15, -0.1) is 12.4 Å². The Kier molecular flexibility index (Phi) is 9.79. The molecule has 1 fully saturated rings. The summed E-state index contributed by atoms with van der Waals surface area (Å²) in [6, 6.07) is 15.9. The summed E-state index contributed by atoms with van der Waals surface area (Å²) in [4.78, 5) is 14.9. The largest absolute Gasteiger partial charge is 0.484 e. The van der Waals surface area contributed by atoms with Gasteiger partial charge >= 0.3 is 0 Å². The Morgan fingerprint density at radius 3 is 2.45 bits per heavy atom. The van der Waals surface area contributed by atoms with Crippen LogP contribution >= 0.6 is 24.0 Å². The predicted octanol–water partition coefficient (Wildman–Crippen LogP) is 5.18. The maximum Gasteiger partial charge on any atom is 0.258 e. The summed E-state index contributed by atoms with van der Waals surface area (Å²) < 4.78 is 5.56. The van der Waals surface area contributed by atoms with E-state index in [9.17, 15) is 4.79 Å². The summed E-state index contributed by atoms with van der Waals surface area (Å²) in [5, 5.41) is 3.66. The van der Waals surface area contributed by atoms with Crippen molar-refractivity contribution < 1.29 is 9.53 Å². The van der Waals surface area contributed by atoms with Crippen molar-refractivity contribution in [3.63, 3.8) is 0 Å². The van der Waals surface area contributed by atoms with Crippen LogP contribution in [0.15, 0.2) is 48.5 Å². The maximum absolute atomic E-state index is 12.4. The Balaban J connectivity index is 0.00000300. The number of aryl methyl sites for hydroxylation is 1. The number of likely N-dealkylation sites (tertiary alicyclic amines) is 1. The molecule has 0 aromatic heterocycles. The first-order valence-electron chi connectivity index (χ1n) is 10.1. The summed E-state index contributed by atoms with van der Waals surface area (Å²) in [6.07, 6.45) is 5.01. The lowest BCUT2D eigenvalue weighted by atomic mass is 10.0. The van der Waals surface area contributed by atoms with Gasteiger partial charge in [-0.1, -0.05) is 60.3 Å².